The van der Waals surface area contributed by atoms with E-state index < -0.39 is 15.5 Å². The summed E-state index contributed by atoms with van der Waals surface area (Å²) in [7, 11) is -3.77. The molecule has 0 atom stereocenters. The summed E-state index contributed by atoms with van der Waals surface area (Å²) in [6, 6.07) is 1.99. The molecule has 0 spiro atoms. The third-order valence-corrected chi connectivity index (χ3v) is 5.02. The molecule has 120 valence electrons. The molecule has 1 heterocycles. The van der Waals surface area contributed by atoms with Crippen LogP contribution >= 0.6 is 11.8 Å². The topological polar surface area (TPSA) is 74.0 Å². The Morgan fingerprint density at radius 1 is 1.38 bits per heavy atom. The molecule has 3 N–H and O–H groups in total. The number of aromatic nitrogens is 1. The molecule has 21 heavy (non-hydrogen) atoms. The molecular formula is C11H16F3N3O2S2. The number of halogens is 3. The monoisotopic (exact) mass is 343 g/mol. The van der Waals surface area contributed by atoms with E-state index in [4.69, 9.17) is 0 Å². The van der Waals surface area contributed by atoms with Gasteiger partial charge in [0.05, 0.1) is 4.90 Å². The van der Waals surface area contributed by atoms with Gasteiger partial charge in [0.15, 0.2) is 0 Å². The van der Waals surface area contributed by atoms with Crippen LogP contribution in [0.1, 0.15) is 18.5 Å². The van der Waals surface area contributed by atoms with Gasteiger partial charge in [-0.2, -0.15) is 13.2 Å². The van der Waals surface area contributed by atoms with Crippen molar-refractivity contribution >= 4 is 21.8 Å². The summed E-state index contributed by atoms with van der Waals surface area (Å²) in [6.07, 6.45) is 3.59. The molecule has 0 aliphatic heterocycles. The zero-order valence-electron chi connectivity index (χ0n) is 11.0. The van der Waals surface area contributed by atoms with Crippen LogP contribution in [0.4, 0.5) is 13.2 Å². The summed E-state index contributed by atoms with van der Waals surface area (Å²) in [4.78, 5) is 2.88. The van der Waals surface area contributed by atoms with Gasteiger partial charge in [0.25, 0.3) is 0 Å². The van der Waals surface area contributed by atoms with Gasteiger partial charge in [0, 0.05) is 36.8 Å². The summed E-state index contributed by atoms with van der Waals surface area (Å²) in [5.74, 6) is -0.358. The van der Waals surface area contributed by atoms with Crippen LogP contribution in [0.15, 0.2) is 17.2 Å². The lowest BCUT2D eigenvalue weighted by molar-refractivity contribution is -0.0327. The fourth-order valence-electron chi connectivity index (χ4n) is 1.64. The smallest absolute Gasteiger partial charge is 0.363 e. The highest BCUT2D eigenvalue weighted by Gasteiger charge is 2.28. The maximum atomic E-state index is 11.9. The van der Waals surface area contributed by atoms with Crippen LogP contribution in [-0.4, -0.2) is 37.2 Å². The van der Waals surface area contributed by atoms with Crippen LogP contribution in [0.2, 0.25) is 0 Å². The van der Waals surface area contributed by atoms with Gasteiger partial charge in [-0.25, -0.2) is 13.1 Å². The van der Waals surface area contributed by atoms with E-state index in [2.05, 4.69) is 15.0 Å². The van der Waals surface area contributed by atoms with Crippen molar-refractivity contribution in [2.45, 2.75) is 35.8 Å². The molecule has 2 rings (SSSR count). The van der Waals surface area contributed by atoms with Gasteiger partial charge in [-0.05, 0) is 30.7 Å². The summed E-state index contributed by atoms with van der Waals surface area (Å²) >= 11 is -0.252. The van der Waals surface area contributed by atoms with Gasteiger partial charge >= 0.3 is 5.51 Å². The van der Waals surface area contributed by atoms with Crippen molar-refractivity contribution in [2.75, 3.05) is 12.3 Å². The van der Waals surface area contributed by atoms with E-state index in [1.807, 2.05) is 0 Å². The van der Waals surface area contributed by atoms with E-state index in [9.17, 15) is 21.6 Å². The SMILES string of the molecule is O=S(=O)(NCCSC(F)(F)F)c1c[nH]c(CNC2CC2)c1. The van der Waals surface area contributed by atoms with Crippen LogP contribution in [-0.2, 0) is 16.6 Å². The van der Waals surface area contributed by atoms with Crippen molar-refractivity contribution in [3.63, 3.8) is 0 Å². The molecule has 0 saturated heterocycles. The first-order valence-corrected chi connectivity index (χ1v) is 8.84. The first kappa shape index (κ1) is 16.7. The van der Waals surface area contributed by atoms with Crippen molar-refractivity contribution < 1.29 is 21.6 Å². The minimum absolute atomic E-state index is 0.0344. The van der Waals surface area contributed by atoms with Crippen molar-refractivity contribution in [1.82, 2.24) is 15.0 Å². The van der Waals surface area contributed by atoms with E-state index in [0.717, 1.165) is 18.5 Å². The first-order valence-electron chi connectivity index (χ1n) is 6.37. The molecule has 1 aliphatic carbocycles. The molecule has 1 aromatic heterocycles. The molecule has 0 bridgehead atoms. The quantitative estimate of drug-likeness (QED) is 0.629. The highest BCUT2D eigenvalue weighted by atomic mass is 32.2. The molecule has 1 fully saturated rings. The predicted octanol–water partition coefficient (Wildman–Crippen LogP) is 1.80. The van der Waals surface area contributed by atoms with Gasteiger partial charge in [-0.15, -0.1) is 0 Å². The lowest BCUT2D eigenvalue weighted by atomic mass is 10.4. The molecule has 1 saturated carbocycles. The molecule has 10 heteroatoms. The zero-order valence-corrected chi connectivity index (χ0v) is 12.7. The molecule has 0 aromatic carbocycles. The van der Waals surface area contributed by atoms with Gasteiger partial charge < -0.3 is 10.3 Å². The number of hydrogen-bond acceptors (Lipinski definition) is 4. The van der Waals surface area contributed by atoms with E-state index >= 15 is 0 Å². The van der Waals surface area contributed by atoms with Crippen molar-refractivity contribution in [3.05, 3.63) is 18.0 Å². The minimum Gasteiger partial charge on any atom is -0.363 e. The average Bonchev–Trinajstić information content (AvgIpc) is 3.07. The van der Waals surface area contributed by atoms with Gasteiger partial charge in [-0.1, -0.05) is 0 Å². The van der Waals surface area contributed by atoms with E-state index in [1.54, 1.807) is 0 Å². The molecule has 0 radical (unpaired) electrons. The van der Waals surface area contributed by atoms with E-state index in [0.29, 0.717) is 12.6 Å². The highest BCUT2D eigenvalue weighted by molar-refractivity contribution is 8.00. The van der Waals surface area contributed by atoms with Gasteiger partial charge in [-0.3, -0.25) is 0 Å². The fraction of sp³-hybridized carbons (Fsp3) is 0.636. The van der Waals surface area contributed by atoms with Crippen LogP contribution in [0.3, 0.4) is 0 Å². The summed E-state index contributed by atoms with van der Waals surface area (Å²) in [5.41, 5.74) is -3.62. The fourth-order valence-corrected chi connectivity index (χ4v) is 3.26. The Morgan fingerprint density at radius 3 is 2.71 bits per heavy atom. The molecular weight excluding hydrogens is 327 g/mol. The number of nitrogens with one attached hydrogen (secondary N) is 3. The average molecular weight is 343 g/mol. The van der Waals surface area contributed by atoms with Crippen LogP contribution in [0.5, 0.6) is 0 Å². The Balaban J connectivity index is 1.80. The summed E-state index contributed by atoms with van der Waals surface area (Å²) in [6.45, 7) is 0.275. The Morgan fingerprint density at radius 2 is 2.10 bits per heavy atom. The third kappa shape index (κ3) is 5.89. The van der Waals surface area contributed by atoms with Crippen LogP contribution in [0, 0.1) is 0 Å². The minimum atomic E-state index is -4.35. The second-order valence-electron chi connectivity index (χ2n) is 4.71. The maximum absolute atomic E-state index is 11.9. The summed E-state index contributed by atoms with van der Waals surface area (Å²) in [5, 5.41) is 3.23. The largest absolute Gasteiger partial charge is 0.441 e. The molecule has 5 nitrogen and oxygen atoms in total. The van der Waals surface area contributed by atoms with Gasteiger partial charge in [0.1, 0.15) is 0 Å². The lowest BCUT2D eigenvalue weighted by Crippen LogP contribution is -2.26. The second-order valence-corrected chi connectivity index (χ2v) is 7.63. The number of rotatable bonds is 8. The number of hydrogen-bond donors (Lipinski definition) is 3. The second kappa shape index (κ2) is 6.59. The summed E-state index contributed by atoms with van der Waals surface area (Å²) < 4.78 is 61.7. The Bertz CT molecular complexity index is 568. The van der Waals surface area contributed by atoms with Crippen molar-refractivity contribution in [1.29, 1.82) is 0 Å². The standard InChI is InChI=1S/C11H16F3N3O2S2/c12-11(13,14)20-4-3-17-21(18,19)10-5-9(16-7-10)6-15-8-1-2-8/h5,7-8,15-17H,1-4,6H2. The number of H-pyrrole nitrogens is 1. The number of aromatic amines is 1. The van der Waals surface area contributed by atoms with Gasteiger partial charge in [0.2, 0.25) is 10.0 Å². The Hall–Kier alpha value is -0.710. The van der Waals surface area contributed by atoms with E-state index in [-0.39, 0.29) is 29.0 Å². The first-order chi connectivity index (χ1) is 9.76. The Kier molecular flexibility index (Phi) is 5.23. The maximum Gasteiger partial charge on any atom is 0.441 e. The van der Waals surface area contributed by atoms with Crippen LogP contribution in [0.25, 0.3) is 0 Å². The molecule has 0 unspecified atom stereocenters. The molecule has 0 amide bonds. The zero-order chi connectivity index (χ0) is 15.5. The Labute approximate surface area is 125 Å². The van der Waals surface area contributed by atoms with Crippen molar-refractivity contribution in [2.24, 2.45) is 0 Å². The number of alkyl halides is 3. The van der Waals surface area contributed by atoms with Crippen molar-refractivity contribution in [3.8, 4) is 0 Å². The highest BCUT2D eigenvalue weighted by Crippen LogP contribution is 2.29. The number of thioether (sulfide) groups is 1. The number of sulfonamides is 1. The normalized spacial score (nSPS) is 16.3. The van der Waals surface area contributed by atoms with E-state index in [1.165, 1.54) is 12.3 Å². The third-order valence-electron chi connectivity index (χ3n) is 2.85. The molecule has 1 aliphatic rings. The van der Waals surface area contributed by atoms with Crippen LogP contribution < -0.4 is 10.0 Å². The lowest BCUT2D eigenvalue weighted by Gasteiger charge is -2.06. The molecule has 1 aromatic rings. The predicted molar refractivity (Wildman–Crippen MR) is 74.4 cm³/mol.